The van der Waals surface area contributed by atoms with Crippen LogP contribution in [-0.2, 0) is 4.74 Å². The summed E-state index contributed by atoms with van der Waals surface area (Å²) in [5, 5.41) is 3.36. The smallest absolute Gasteiger partial charge is 0.0707 e. The van der Waals surface area contributed by atoms with Crippen molar-refractivity contribution in [3.63, 3.8) is 0 Å². The van der Waals surface area contributed by atoms with E-state index < -0.39 is 0 Å². The number of hydrogen-bond donors (Lipinski definition) is 1. The van der Waals surface area contributed by atoms with E-state index in [9.17, 15) is 0 Å². The third kappa shape index (κ3) is 1.06. The molecule has 2 saturated heterocycles. The minimum atomic E-state index is 0.311. The Kier molecular flexibility index (Phi) is 1.66. The van der Waals surface area contributed by atoms with Gasteiger partial charge in [-0.3, -0.25) is 0 Å². The molecule has 2 aliphatic heterocycles. The van der Waals surface area contributed by atoms with Crippen molar-refractivity contribution in [2.24, 2.45) is 0 Å². The van der Waals surface area contributed by atoms with Crippen LogP contribution >= 0.6 is 0 Å². The molecule has 1 N–H and O–H groups in total. The Morgan fingerprint density at radius 3 is 2.50 bits per heavy atom. The van der Waals surface area contributed by atoms with Crippen LogP contribution in [0.2, 0.25) is 0 Å². The molecular weight excluding hydrogens is 126 g/mol. The zero-order valence-corrected chi connectivity index (χ0v) is 6.36. The molecule has 2 rings (SSSR count). The van der Waals surface area contributed by atoms with Gasteiger partial charge in [-0.05, 0) is 38.8 Å². The van der Waals surface area contributed by atoms with Crippen LogP contribution in [0.25, 0.3) is 0 Å². The first-order chi connectivity index (χ1) is 4.91. The van der Waals surface area contributed by atoms with Gasteiger partial charge in [0.25, 0.3) is 0 Å². The van der Waals surface area contributed by atoms with Crippen molar-refractivity contribution in [3.8, 4) is 0 Å². The normalized spacial score (nSPS) is 31.2. The van der Waals surface area contributed by atoms with Gasteiger partial charge in [-0.15, -0.1) is 0 Å². The summed E-state index contributed by atoms with van der Waals surface area (Å²) >= 11 is 0. The largest absolute Gasteiger partial charge is 0.375 e. The van der Waals surface area contributed by atoms with Crippen LogP contribution in [0.15, 0.2) is 0 Å². The molecule has 2 nitrogen and oxygen atoms in total. The van der Waals surface area contributed by atoms with E-state index in [0.717, 1.165) is 19.7 Å². The van der Waals surface area contributed by atoms with Gasteiger partial charge in [0.2, 0.25) is 0 Å². The van der Waals surface area contributed by atoms with Crippen LogP contribution in [0.1, 0.15) is 25.7 Å². The fourth-order valence-electron chi connectivity index (χ4n) is 2.03. The molecular formula is C8H15NO. The Labute approximate surface area is 61.9 Å². The lowest BCUT2D eigenvalue weighted by molar-refractivity contribution is -0.0190. The highest BCUT2D eigenvalue weighted by Crippen LogP contribution is 2.33. The van der Waals surface area contributed by atoms with Crippen LogP contribution in [0, 0.1) is 0 Å². The lowest BCUT2D eigenvalue weighted by atomic mass is 9.90. The van der Waals surface area contributed by atoms with Crippen molar-refractivity contribution in [2.45, 2.75) is 31.3 Å². The van der Waals surface area contributed by atoms with E-state index in [-0.39, 0.29) is 0 Å². The lowest BCUT2D eigenvalue weighted by Crippen LogP contribution is -2.41. The van der Waals surface area contributed by atoms with Gasteiger partial charge in [-0.25, -0.2) is 0 Å². The molecule has 0 amide bonds. The first-order valence-corrected chi connectivity index (χ1v) is 4.26. The maximum atomic E-state index is 5.74. The molecule has 0 aromatic carbocycles. The van der Waals surface area contributed by atoms with Gasteiger partial charge in [-0.1, -0.05) is 0 Å². The predicted molar refractivity (Wildman–Crippen MR) is 40.0 cm³/mol. The fourth-order valence-corrected chi connectivity index (χ4v) is 2.03. The molecule has 0 aliphatic carbocycles. The summed E-state index contributed by atoms with van der Waals surface area (Å²) in [5.74, 6) is 0. The van der Waals surface area contributed by atoms with E-state index in [1.54, 1.807) is 0 Å². The van der Waals surface area contributed by atoms with Crippen molar-refractivity contribution in [3.05, 3.63) is 0 Å². The summed E-state index contributed by atoms with van der Waals surface area (Å²) in [4.78, 5) is 0. The second-order valence-electron chi connectivity index (χ2n) is 3.39. The van der Waals surface area contributed by atoms with Crippen LogP contribution < -0.4 is 5.32 Å². The zero-order valence-electron chi connectivity index (χ0n) is 6.36. The summed E-state index contributed by atoms with van der Waals surface area (Å²) in [6.07, 6.45) is 5.04. The van der Waals surface area contributed by atoms with Crippen molar-refractivity contribution < 1.29 is 4.74 Å². The summed E-state index contributed by atoms with van der Waals surface area (Å²) in [5.41, 5.74) is 0.311. The monoisotopic (exact) mass is 141 g/mol. The molecule has 0 aromatic heterocycles. The van der Waals surface area contributed by atoms with E-state index >= 15 is 0 Å². The third-order valence-electron chi connectivity index (χ3n) is 2.70. The summed E-state index contributed by atoms with van der Waals surface area (Å²) in [7, 11) is 0. The Morgan fingerprint density at radius 1 is 1.10 bits per heavy atom. The number of ether oxygens (including phenoxy) is 1. The Bertz CT molecular complexity index is 110. The Morgan fingerprint density at radius 2 is 1.90 bits per heavy atom. The van der Waals surface area contributed by atoms with E-state index in [1.165, 1.54) is 25.7 Å². The van der Waals surface area contributed by atoms with Gasteiger partial charge in [0.05, 0.1) is 5.60 Å². The van der Waals surface area contributed by atoms with E-state index in [2.05, 4.69) is 5.32 Å². The molecule has 0 unspecified atom stereocenters. The molecule has 2 aliphatic rings. The molecule has 0 aromatic rings. The van der Waals surface area contributed by atoms with Gasteiger partial charge in [0.15, 0.2) is 0 Å². The summed E-state index contributed by atoms with van der Waals surface area (Å²) in [6.45, 7) is 3.31. The van der Waals surface area contributed by atoms with E-state index in [4.69, 9.17) is 4.74 Å². The van der Waals surface area contributed by atoms with Crippen LogP contribution in [-0.4, -0.2) is 25.3 Å². The maximum Gasteiger partial charge on any atom is 0.0707 e. The average Bonchev–Trinajstić information content (AvgIpc) is 2.39. The minimum Gasteiger partial charge on any atom is -0.375 e. The highest BCUT2D eigenvalue weighted by atomic mass is 16.5. The van der Waals surface area contributed by atoms with Crippen LogP contribution in [0.3, 0.4) is 0 Å². The predicted octanol–water partition coefficient (Wildman–Crippen LogP) is 0.919. The lowest BCUT2D eigenvalue weighted by Gasteiger charge is -2.32. The van der Waals surface area contributed by atoms with E-state index in [1.807, 2.05) is 0 Å². The first-order valence-electron chi connectivity index (χ1n) is 4.26. The molecule has 10 heavy (non-hydrogen) atoms. The Hall–Kier alpha value is -0.0800. The molecule has 0 radical (unpaired) electrons. The van der Waals surface area contributed by atoms with Crippen molar-refractivity contribution in [2.75, 3.05) is 19.7 Å². The van der Waals surface area contributed by atoms with Gasteiger partial charge >= 0.3 is 0 Å². The molecule has 2 fully saturated rings. The molecule has 1 spiro atoms. The average molecular weight is 141 g/mol. The second kappa shape index (κ2) is 2.51. The summed E-state index contributed by atoms with van der Waals surface area (Å²) < 4.78 is 5.74. The van der Waals surface area contributed by atoms with Gasteiger partial charge in [0, 0.05) is 6.61 Å². The quantitative estimate of drug-likeness (QED) is 0.541. The van der Waals surface area contributed by atoms with Crippen molar-refractivity contribution >= 4 is 0 Å². The number of rotatable bonds is 0. The number of nitrogens with one attached hydrogen (secondary N) is 1. The fraction of sp³-hybridized carbons (Fsp3) is 1.00. The zero-order chi connectivity index (χ0) is 6.86. The van der Waals surface area contributed by atoms with Crippen molar-refractivity contribution in [1.82, 2.24) is 5.32 Å². The topological polar surface area (TPSA) is 21.3 Å². The molecule has 0 bridgehead atoms. The van der Waals surface area contributed by atoms with Gasteiger partial charge in [-0.2, -0.15) is 0 Å². The van der Waals surface area contributed by atoms with E-state index in [0.29, 0.717) is 5.60 Å². The SMILES string of the molecule is C1COC2(C1)CCNCC2. The van der Waals surface area contributed by atoms with Crippen molar-refractivity contribution in [1.29, 1.82) is 0 Å². The first kappa shape index (κ1) is 6.62. The highest BCUT2D eigenvalue weighted by Gasteiger charge is 2.35. The second-order valence-corrected chi connectivity index (χ2v) is 3.39. The van der Waals surface area contributed by atoms with Crippen LogP contribution in [0.4, 0.5) is 0 Å². The van der Waals surface area contributed by atoms with Gasteiger partial charge < -0.3 is 10.1 Å². The third-order valence-corrected chi connectivity index (χ3v) is 2.70. The molecule has 58 valence electrons. The summed E-state index contributed by atoms with van der Waals surface area (Å²) in [6, 6.07) is 0. The van der Waals surface area contributed by atoms with Crippen LogP contribution in [0.5, 0.6) is 0 Å². The number of piperidine rings is 1. The highest BCUT2D eigenvalue weighted by molar-refractivity contribution is 4.89. The molecule has 0 saturated carbocycles. The molecule has 0 atom stereocenters. The minimum absolute atomic E-state index is 0.311. The maximum absolute atomic E-state index is 5.74. The van der Waals surface area contributed by atoms with Gasteiger partial charge in [0.1, 0.15) is 0 Å². The molecule has 2 heteroatoms. The number of hydrogen-bond acceptors (Lipinski definition) is 2. The molecule has 2 heterocycles. The standard InChI is InChI=1S/C8H15NO/c1-2-8(10-7-1)3-5-9-6-4-8/h9H,1-7H2. The Balaban J connectivity index is 1.98.